The Morgan fingerprint density at radius 3 is 0.709 bits per heavy atom. The van der Waals surface area contributed by atoms with Crippen LogP contribution in [0.2, 0.25) is 0 Å². The van der Waals surface area contributed by atoms with E-state index in [-0.39, 0.29) is 28.7 Å². The molecule has 0 fully saturated rings. The van der Waals surface area contributed by atoms with Crippen LogP contribution in [-0.4, -0.2) is 70.3 Å². The topological polar surface area (TPSA) is 96.3 Å². The Balaban J connectivity index is 0.000000111. The molecule has 0 radical (unpaired) electrons. The molecule has 12 heteroatoms. The lowest BCUT2D eigenvalue weighted by Gasteiger charge is -2.28. The minimum atomic E-state index is -0.283. The van der Waals surface area contributed by atoms with Crippen molar-refractivity contribution in [2.24, 2.45) is 5.92 Å². The summed E-state index contributed by atoms with van der Waals surface area (Å²) in [7, 11) is 0. The monoisotopic (exact) mass is 1830 g/mol. The summed E-state index contributed by atoms with van der Waals surface area (Å²) < 4.78 is 33.7. The highest BCUT2D eigenvalue weighted by Gasteiger charge is 2.42. The van der Waals surface area contributed by atoms with Crippen molar-refractivity contribution >= 4 is 165 Å². The minimum Gasteiger partial charge on any atom is -0.466 e. The van der Waals surface area contributed by atoms with Gasteiger partial charge in [-0.1, -0.05) is 270 Å². The van der Waals surface area contributed by atoms with E-state index < -0.39 is 0 Å². The van der Waals surface area contributed by atoms with Gasteiger partial charge in [-0.2, -0.15) is 0 Å². The first-order valence-electron chi connectivity index (χ1n) is 49.7. The molecule has 0 saturated heterocycles. The zero-order chi connectivity index (χ0) is 94.9. The van der Waals surface area contributed by atoms with E-state index in [1.807, 2.05) is 13.8 Å². The van der Waals surface area contributed by atoms with E-state index in [2.05, 4.69) is 453 Å². The van der Waals surface area contributed by atoms with Crippen molar-refractivity contribution in [2.75, 3.05) is 26.4 Å². The molecule has 686 valence electrons. The maximum Gasteiger partial charge on any atom is 0.308 e. The van der Waals surface area contributed by atoms with Gasteiger partial charge in [0.2, 0.25) is 0 Å². The summed E-state index contributed by atoms with van der Waals surface area (Å²) in [4.78, 5) is 23.8. The molecule has 0 saturated carbocycles. The van der Waals surface area contributed by atoms with Crippen LogP contribution in [0, 0.1) is 5.92 Å². The molecular formula is C129H105N7O5. The highest BCUT2D eigenvalue weighted by molar-refractivity contribution is 6.17. The van der Waals surface area contributed by atoms with Crippen LogP contribution in [0.4, 0.5) is 0 Å². The smallest absolute Gasteiger partial charge is 0.308 e. The van der Waals surface area contributed by atoms with Gasteiger partial charge >= 0.3 is 11.9 Å². The van der Waals surface area contributed by atoms with Gasteiger partial charge in [-0.05, 0) is 241 Å². The highest BCUT2D eigenvalue weighted by Crippen LogP contribution is 2.56. The summed E-state index contributed by atoms with van der Waals surface area (Å²) >= 11 is 0. The molecule has 27 rings (SSSR count). The van der Waals surface area contributed by atoms with Crippen molar-refractivity contribution in [3.05, 3.63) is 423 Å². The average Bonchev–Trinajstić information content (AvgIpc) is 1.54. The summed E-state index contributed by atoms with van der Waals surface area (Å²) in [6.07, 6.45) is 4.38. The molecule has 7 heterocycles. The summed E-state index contributed by atoms with van der Waals surface area (Å²) in [6.45, 7) is 15.2. The van der Waals surface area contributed by atoms with E-state index in [0.717, 1.165) is 74.6 Å². The lowest BCUT2D eigenvalue weighted by Crippen LogP contribution is -2.22. The van der Waals surface area contributed by atoms with E-state index in [1.54, 1.807) is 0 Å². The molecular weight excluding hydrogens is 1730 g/mol. The van der Waals surface area contributed by atoms with Crippen molar-refractivity contribution in [3.63, 3.8) is 0 Å². The number of rotatable bonds is 20. The van der Waals surface area contributed by atoms with Crippen molar-refractivity contribution in [1.29, 1.82) is 0 Å². The third kappa shape index (κ3) is 14.1. The van der Waals surface area contributed by atoms with Gasteiger partial charge in [-0.25, -0.2) is 0 Å². The molecule has 0 aliphatic heterocycles. The van der Waals surface area contributed by atoms with E-state index in [1.165, 1.54) is 215 Å². The average molecular weight is 1830 g/mol. The number of nitrogens with zero attached hydrogens (tertiary/aromatic N) is 7. The molecule has 25 aromatic rings. The number of aromatic nitrogens is 7. The standard InChI is InChI=1S/C43H35N3O2.C43H34N2O2.C43H36N2O/c1-28(2)43(47)48-25-11-24-44-37-22-20-29(45-39-16-7-3-12-31(39)32-13-4-8-17-40(32)45)26-35(37)36-27-30(21-23-38(36)44)46-41-18-9-5-14-33(41)34-15-6-10-19-42(34)46;1-28(46)47-25-11-24-43(2)37-26-29(44-39-16-7-3-12-33(39)34-13-4-8-17-40(34)44)20-22-31(37)32-23-21-30(27-38(32)43)45-41-18-9-5-14-35(41)36-15-6-10-19-42(36)45;1-3-46-26-12-25-43(2)37-27-29(44-39-17-8-4-13-33(39)34-14-5-9-18-40(34)44)21-23-31(37)32-24-22-30(28-38(32)43)45-41-19-10-6-15-35(41)36-16-7-11-20-42(36)45/h3-10,12-23,26-28H,11,24-25H2,1-2H3;3-10,12-23,26-27H,11,24-25H2,1-2H3;4-11,13-24,27-28H,3,12,25-26H2,1-2H3. The molecule has 0 unspecified atom stereocenters. The third-order valence-corrected chi connectivity index (χ3v) is 30.4. The molecule has 0 N–H and O–H groups in total. The van der Waals surface area contributed by atoms with E-state index in [9.17, 15) is 9.59 Å². The summed E-state index contributed by atoms with van der Waals surface area (Å²) in [6, 6.07) is 146. The largest absolute Gasteiger partial charge is 0.466 e. The summed E-state index contributed by atoms with van der Waals surface area (Å²) in [5.74, 6) is -0.509. The number of hydrogen-bond acceptors (Lipinski definition) is 5. The van der Waals surface area contributed by atoms with Crippen LogP contribution in [0.15, 0.2) is 400 Å². The van der Waals surface area contributed by atoms with E-state index in [4.69, 9.17) is 14.2 Å². The molecule has 7 aromatic heterocycles. The minimum absolute atomic E-state index is 0.128. The number of carbonyl (C=O) groups is 2. The second kappa shape index (κ2) is 34.9. The van der Waals surface area contributed by atoms with E-state index in [0.29, 0.717) is 13.2 Å². The first kappa shape index (κ1) is 86.1. The molecule has 2 aliphatic rings. The number of hydrogen-bond donors (Lipinski definition) is 0. The van der Waals surface area contributed by atoms with E-state index >= 15 is 0 Å². The van der Waals surface area contributed by atoms with Crippen LogP contribution in [-0.2, 0) is 41.2 Å². The number of fused-ring (bicyclic) bond motifs is 27. The molecule has 2 aliphatic carbocycles. The first-order chi connectivity index (χ1) is 69.3. The zero-order valence-electron chi connectivity index (χ0n) is 79.9. The molecule has 0 spiro atoms. The maximum atomic E-state index is 12.2. The van der Waals surface area contributed by atoms with Crippen molar-refractivity contribution in [3.8, 4) is 56.4 Å². The second-order valence-corrected chi connectivity index (χ2v) is 38.8. The molecule has 141 heavy (non-hydrogen) atoms. The Morgan fingerprint density at radius 2 is 0.475 bits per heavy atom. The fraction of sp³-hybridized carbons (Fsp3) is 0.147. The number of ether oxygens (including phenoxy) is 3. The Labute approximate surface area is 817 Å². The van der Waals surface area contributed by atoms with Gasteiger partial charge in [0.1, 0.15) is 0 Å². The quantitative estimate of drug-likeness (QED) is 0.0559. The fourth-order valence-electron chi connectivity index (χ4n) is 24.0. The third-order valence-electron chi connectivity index (χ3n) is 30.4. The van der Waals surface area contributed by atoms with Crippen molar-refractivity contribution in [2.45, 2.75) is 91.0 Å². The van der Waals surface area contributed by atoms with Crippen molar-refractivity contribution < 1.29 is 23.8 Å². The maximum absolute atomic E-state index is 12.2. The summed E-state index contributed by atoms with van der Waals surface area (Å²) in [5.41, 5.74) is 34.1. The van der Waals surface area contributed by atoms with Crippen LogP contribution in [0.5, 0.6) is 0 Å². The second-order valence-electron chi connectivity index (χ2n) is 38.8. The Bertz CT molecular complexity index is 8540. The van der Waals surface area contributed by atoms with Gasteiger partial charge in [-0.15, -0.1) is 0 Å². The zero-order valence-corrected chi connectivity index (χ0v) is 79.9. The van der Waals surface area contributed by atoms with Gasteiger partial charge < -0.3 is 46.2 Å². The lowest BCUT2D eigenvalue weighted by molar-refractivity contribution is -0.147. The fourth-order valence-corrected chi connectivity index (χ4v) is 24.0. The van der Waals surface area contributed by atoms with Crippen LogP contribution in [0.3, 0.4) is 0 Å². The highest BCUT2D eigenvalue weighted by atomic mass is 16.5. The van der Waals surface area contributed by atoms with Gasteiger partial charge in [0.05, 0.1) is 85.3 Å². The van der Waals surface area contributed by atoms with Crippen LogP contribution >= 0.6 is 0 Å². The Kier molecular flexibility index (Phi) is 21.3. The number of para-hydroxylation sites is 12. The molecule has 18 aromatic carbocycles. The molecule has 12 nitrogen and oxygen atoms in total. The number of aryl methyl sites for hydroxylation is 1. The predicted molar refractivity (Wildman–Crippen MR) is 584 cm³/mol. The van der Waals surface area contributed by atoms with Gasteiger partial charge in [-0.3, -0.25) is 9.59 Å². The Hall–Kier alpha value is -16.5. The molecule has 0 atom stereocenters. The lowest BCUT2D eigenvalue weighted by atomic mass is 9.76. The first-order valence-corrected chi connectivity index (χ1v) is 49.7. The summed E-state index contributed by atoms with van der Waals surface area (Å²) in [5, 5.41) is 17.6. The molecule has 0 amide bonds. The molecule has 0 bridgehead atoms. The SMILES string of the molecule is CC(=O)OCCCC1(C)c2cc(-n3c4ccccc4c4ccccc43)ccc2-c2ccc(-n3c4ccccc4c4ccccc43)cc21.CC(C)C(=O)OCCCn1c2ccc(-n3c4ccccc4c4ccccc43)cc2c2cc(-n3c4ccccc4c4ccccc43)ccc21.CCOCCCC1(C)c2cc(-n3c4ccccc4c4ccccc43)ccc2-c2ccc(-n3c4ccccc4c4ccccc43)cc21. The predicted octanol–water partition coefficient (Wildman–Crippen LogP) is 32.1. The number of carbonyl (C=O) groups excluding carboxylic acids is 2. The van der Waals surface area contributed by atoms with Crippen LogP contribution < -0.4 is 0 Å². The van der Waals surface area contributed by atoms with Crippen LogP contribution in [0.25, 0.3) is 209 Å². The van der Waals surface area contributed by atoms with Crippen molar-refractivity contribution in [1.82, 2.24) is 32.0 Å². The van der Waals surface area contributed by atoms with Gasteiger partial charge in [0.15, 0.2) is 0 Å². The van der Waals surface area contributed by atoms with Gasteiger partial charge in [0.25, 0.3) is 0 Å². The number of benzene rings is 18. The number of esters is 2. The normalized spacial score (nSPS) is 13.0. The van der Waals surface area contributed by atoms with Crippen LogP contribution in [0.1, 0.15) is 95.9 Å². The van der Waals surface area contributed by atoms with Gasteiger partial charge in [0, 0.05) is 158 Å². The Morgan fingerprint density at radius 1 is 0.255 bits per heavy atom.